The van der Waals surface area contributed by atoms with Gasteiger partial charge in [-0.2, -0.15) is 0 Å². The largest absolute Gasteiger partial charge is 0.488 e. The lowest BCUT2D eigenvalue weighted by atomic mass is 10.0. The van der Waals surface area contributed by atoms with Gasteiger partial charge in [0, 0.05) is 16.2 Å². The molecule has 0 saturated heterocycles. The molecule has 0 spiro atoms. The topological polar surface area (TPSA) is 59.4 Å². The summed E-state index contributed by atoms with van der Waals surface area (Å²) in [6, 6.07) is 23.2. The van der Waals surface area contributed by atoms with E-state index < -0.39 is 5.97 Å². The normalized spacial score (nSPS) is 11.4. The molecule has 0 saturated carbocycles. The number of aromatic nitrogens is 1. The molecule has 1 heterocycles. The van der Waals surface area contributed by atoms with E-state index in [2.05, 4.69) is 20.9 Å². The molecule has 0 fully saturated rings. The molecule has 7 heteroatoms. The Kier molecular flexibility index (Phi) is 7.60. The van der Waals surface area contributed by atoms with Crippen molar-refractivity contribution in [3.8, 4) is 16.3 Å². The van der Waals surface area contributed by atoms with E-state index in [1.54, 1.807) is 29.5 Å². The SMILES string of the molecule is O=C(O)Cc1ccc(OC/C=C(\c2ccc(Br)cc2)c2cnc(-c3ccccc3)s2)c(Cl)c1. The Balaban J connectivity index is 1.59. The van der Waals surface area contributed by atoms with E-state index in [9.17, 15) is 4.79 Å². The van der Waals surface area contributed by atoms with Gasteiger partial charge < -0.3 is 9.84 Å². The average molecular weight is 541 g/mol. The number of nitrogens with zero attached hydrogens (tertiary/aromatic N) is 1. The van der Waals surface area contributed by atoms with Crippen molar-refractivity contribution in [2.45, 2.75) is 6.42 Å². The number of hydrogen-bond acceptors (Lipinski definition) is 4. The first kappa shape index (κ1) is 23.2. The van der Waals surface area contributed by atoms with Gasteiger partial charge in [0.15, 0.2) is 0 Å². The van der Waals surface area contributed by atoms with Gasteiger partial charge in [-0.15, -0.1) is 11.3 Å². The first-order valence-corrected chi connectivity index (χ1v) is 12.1. The fourth-order valence-corrected chi connectivity index (χ4v) is 4.77. The number of carboxylic acids is 1. The molecular formula is C26H19BrClNO3S. The van der Waals surface area contributed by atoms with Crippen LogP contribution >= 0.6 is 38.9 Å². The molecule has 0 amide bonds. The van der Waals surface area contributed by atoms with Crippen molar-refractivity contribution >= 4 is 50.4 Å². The summed E-state index contributed by atoms with van der Waals surface area (Å²) in [4.78, 5) is 16.6. The van der Waals surface area contributed by atoms with Gasteiger partial charge in [-0.3, -0.25) is 4.79 Å². The lowest BCUT2D eigenvalue weighted by molar-refractivity contribution is -0.136. The highest BCUT2D eigenvalue weighted by Gasteiger charge is 2.12. The fraction of sp³-hybridized carbons (Fsp3) is 0.0769. The molecule has 0 aliphatic rings. The highest BCUT2D eigenvalue weighted by Crippen LogP contribution is 2.33. The van der Waals surface area contributed by atoms with Gasteiger partial charge in [0.2, 0.25) is 0 Å². The van der Waals surface area contributed by atoms with Crippen molar-refractivity contribution in [3.05, 3.63) is 111 Å². The van der Waals surface area contributed by atoms with Crippen molar-refractivity contribution in [1.82, 2.24) is 4.98 Å². The fourth-order valence-electron chi connectivity index (χ4n) is 3.26. The molecule has 0 atom stereocenters. The van der Waals surface area contributed by atoms with Crippen LogP contribution in [0.3, 0.4) is 0 Å². The predicted molar refractivity (Wildman–Crippen MR) is 137 cm³/mol. The number of carbonyl (C=O) groups is 1. The Bertz CT molecular complexity index is 1290. The summed E-state index contributed by atoms with van der Waals surface area (Å²) in [7, 11) is 0. The van der Waals surface area contributed by atoms with Crippen LogP contribution in [0.5, 0.6) is 5.75 Å². The lowest BCUT2D eigenvalue weighted by Gasteiger charge is -2.10. The van der Waals surface area contributed by atoms with E-state index in [1.165, 1.54) is 0 Å². The minimum absolute atomic E-state index is 0.0806. The van der Waals surface area contributed by atoms with Gasteiger partial charge in [0.1, 0.15) is 17.4 Å². The molecule has 166 valence electrons. The Morgan fingerprint density at radius 2 is 1.85 bits per heavy atom. The van der Waals surface area contributed by atoms with Gasteiger partial charge in [0.05, 0.1) is 16.3 Å². The summed E-state index contributed by atoms with van der Waals surface area (Å²) < 4.78 is 6.91. The molecule has 0 aliphatic carbocycles. The number of benzene rings is 3. The lowest BCUT2D eigenvalue weighted by Crippen LogP contribution is -2.01. The molecule has 3 aromatic carbocycles. The molecule has 1 aromatic heterocycles. The Morgan fingerprint density at radius 1 is 1.09 bits per heavy atom. The van der Waals surface area contributed by atoms with E-state index in [0.717, 1.165) is 31.1 Å². The van der Waals surface area contributed by atoms with E-state index >= 15 is 0 Å². The van der Waals surface area contributed by atoms with Crippen LogP contribution in [-0.2, 0) is 11.2 Å². The van der Waals surface area contributed by atoms with Crippen molar-refractivity contribution in [2.24, 2.45) is 0 Å². The smallest absolute Gasteiger partial charge is 0.307 e. The van der Waals surface area contributed by atoms with Crippen molar-refractivity contribution < 1.29 is 14.6 Å². The van der Waals surface area contributed by atoms with Crippen molar-refractivity contribution in [1.29, 1.82) is 0 Å². The monoisotopic (exact) mass is 539 g/mol. The second kappa shape index (κ2) is 10.8. The zero-order valence-corrected chi connectivity index (χ0v) is 20.5. The van der Waals surface area contributed by atoms with Crippen LogP contribution in [0.1, 0.15) is 16.0 Å². The number of carboxylic acid groups (broad SMARTS) is 1. The van der Waals surface area contributed by atoms with Gasteiger partial charge in [-0.1, -0.05) is 76.1 Å². The third kappa shape index (κ3) is 6.11. The van der Waals surface area contributed by atoms with Gasteiger partial charge >= 0.3 is 5.97 Å². The first-order valence-electron chi connectivity index (χ1n) is 10.1. The molecule has 0 aliphatic heterocycles. The first-order chi connectivity index (χ1) is 16.0. The zero-order valence-electron chi connectivity index (χ0n) is 17.4. The van der Waals surface area contributed by atoms with Crippen molar-refractivity contribution in [3.63, 3.8) is 0 Å². The quantitative estimate of drug-likeness (QED) is 0.254. The minimum atomic E-state index is -0.902. The maximum Gasteiger partial charge on any atom is 0.307 e. The molecule has 0 bridgehead atoms. The summed E-state index contributed by atoms with van der Waals surface area (Å²) in [5.74, 6) is -0.396. The Labute approximate surface area is 209 Å². The number of hydrogen-bond donors (Lipinski definition) is 1. The molecule has 4 aromatic rings. The second-order valence-electron chi connectivity index (χ2n) is 7.17. The van der Waals surface area contributed by atoms with Crippen LogP contribution in [0.4, 0.5) is 0 Å². The summed E-state index contributed by atoms with van der Waals surface area (Å²) in [5.41, 5.74) is 3.77. The summed E-state index contributed by atoms with van der Waals surface area (Å²) in [6.45, 7) is 0.294. The Morgan fingerprint density at radius 3 is 2.55 bits per heavy atom. The standard InChI is InChI=1S/C26H19BrClNO3S/c27-20-9-7-18(8-10-20)21(24-16-29-26(33-24)19-4-2-1-3-5-19)12-13-32-23-11-6-17(14-22(23)28)15-25(30)31/h1-12,14,16H,13,15H2,(H,30,31)/b21-12+. The minimum Gasteiger partial charge on any atom is -0.488 e. The predicted octanol–water partition coefficient (Wildman–Crippen LogP) is 7.36. The van der Waals surface area contributed by atoms with E-state index in [0.29, 0.717) is 22.9 Å². The van der Waals surface area contributed by atoms with Crippen LogP contribution in [0.15, 0.2) is 89.5 Å². The van der Waals surface area contributed by atoms with Crippen LogP contribution < -0.4 is 4.74 Å². The highest BCUT2D eigenvalue weighted by molar-refractivity contribution is 9.10. The van der Waals surface area contributed by atoms with Gasteiger partial charge in [0.25, 0.3) is 0 Å². The van der Waals surface area contributed by atoms with Crippen LogP contribution in [0.2, 0.25) is 5.02 Å². The molecular weight excluding hydrogens is 522 g/mol. The van der Waals surface area contributed by atoms with Crippen molar-refractivity contribution in [2.75, 3.05) is 6.61 Å². The number of ether oxygens (including phenoxy) is 1. The van der Waals surface area contributed by atoms with Gasteiger partial charge in [-0.05, 0) is 47.0 Å². The van der Waals surface area contributed by atoms with E-state index in [4.69, 9.17) is 21.4 Å². The average Bonchev–Trinajstić information content (AvgIpc) is 3.29. The molecule has 0 unspecified atom stereocenters. The molecule has 4 nitrogen and oxygen atoms in total. The van der Waals surface area contributed by atoms with Crippen LogP contribution in [-0.4, -0.2) is 22.7 Å². The second-order valence-corrected chi connectivity index (χ2v) is 9.52. The van der Waals surface area contributed by atoms with Crippen LogP contribution in [0, 0.1) is 0 Å². The number of rotatable bonds is 8. The number of halogens is 2. The maximum absolute atomic E-state index is 10.9. The maximum atomic E-state index is 10.9. The molecule has 4 rings (SSSR count). The summed E-state index contributed by atoms with van der Waals surface area (Å²) in [6.07, 6.45) is 3.81. The highest BCUT2D eigenvalue weighted by atomic mass is 79.9. The number of thiazole rings is 1. The zero-order chi connectivity index (χ0) is 23.2. The van der Waals surface area contributed by atoms with Crippen LogP contribution in [0.25, 0.3) is 16.1 Å². The van der Waals surface area contributed by atoms with E-state index in [1.807, 2.05) is 66.9 Å². The summed E-state index contributed by atoms with van der Waals surface area (Å²) in [5, 5.41) is 10.3. The Hall–Kier alpha value is -2.93. The molecule has 1 N–H and O–H groups in total. The van der Waals surface area contributed by atoms with Gasteiger partial charge in [-0.25, -0.2) is 4.98 Å². The molecule has 0 radical (unpaired) electrons. The summed E-state index contributed by atoms with van der Waals surface area (Å²) >= 11 is 11.4. The third-order valence-corrected chi connectivity index (χ3v) is 6.73. The number of aliphatic carboxylic acids is 1. The van der Waals surface area contributed by atoms with E-state index in [-0.39, 0.29) is 6.42 Å². The third-order valence-electron chi connectivity index (χ3n) is 4.83. The molecule has 33 heavy (non-hydrogen) atoms.